The first kappa shape index (κ1) is 12.3. The van der Waals surface area contributed by atoms with E-state index < -0.39 is 0 Å². The summed E-state index contributed by atoms with van der Waals surface area (Å²) in [5, 5.41) is 2.95. The van der Waals surface area contributed by atoms with E-state index >= 15 is 0 Å². The van der Waals surface area contributed by atoms with E-state index in [9.17, 15) is 4.39 Å². The Morgan fingerprint density at radius 2 is 2.31 bits per heavy atom. The van der Waals surface area contributed by atoms with Crippen molar-refractivity contribution in [3.05, 3.63) is 29.6 Å². The number of anilines is 1. The average Bonchev–Trinajstić information content (AvgIpc) is 2.31. The Balaban J connectivity index is 2.59. The van der Waals surface area contributed by atoms with Crippen LogP contribution in [0.25, 0.3) is 0 Å². The average molecular weight is 225 g/mol. The number of rotatable bonds is 4. The van der Waals surface area contributed by atoms with E-state index in [-0.39, 0.29) is 11.8 Å². The fourth-order valence-electron chi connectivity index (χ4n) is 1.25. The molecule has 0 bridgehead atoms. The van der Waals surface area contributed by atoms with E-state index in [0.29, 0.717) is 18.6 Å². The van der Waals surface area contributed by atoms with Crippen molar-refractivity contribution in [3.63, 3.8) is 0 Å². The maximum Gasteiger partial charge on any atom is 0.281 e. The highest BCUT2D eigenvalue weighted by atomic mass is 19.1. The summed E-state index contributed by atoms with van der Waals surface area (Å²) in [4.78, 5) is 3.64. The first-order valence-corrected chi connectivity index (χ1v) is 4.98. The van der Waals surface area contributed by atoms with E-state index in [4.69, 9.17) is 10.5 Å². The van der Waals surface area contributed by atoms with Gasteiger partial charge in [0.05, 0.1) is 6.61 Å². The molecule has 0 aliphatic heterocycles. The van der Waals surface area contributed by atoms with Crippen LogP contribution in [-0.2, 0) is 11.2 Å². The molecule has 1 aromatic carbocycles. The number of amidine groups is 1. The van der Waals surface area contributed by atoms with Crippen molar-refractivity contribution in [2.45, 2.75) is 6.42 Å². The molecule has 0 amide bonds. The molecule has 1 rings (SSSR count). The topological polar surface area (TPSA) is 59.6 Å². The number of aliphatic imine (C=N–C) groups is 1. The smallest absolute Gasteiger partial charge is 0.281 e. The minimum Gasteiger partial charge on any atom is -0.465 e. The van der Waals surface area contributed by atoms with Crippen LogP contribution in [-0.4, -0.2) is 26.7 Å². The van der Waals surface area contributed by atoms with Crippen LogP contribution in [0.2, 0.25) is 0 Å². The molecule has 3 N–H and O–H groups in total. The summed E-state index contributed by atoms with van der Waals surface area (Å²) in [7, 11) is 3.33. The lowest BCUT2D eigenvalue weighted by Gasteiger charge is -2.07. The molecule has 0 spiro atoms. The summed E-state index contributed by atoms with van der Waals surface area (Å²) < 4.78 is 18.4. The number of ether oxygens (including phenoxy) is 1. The van der Waals surface area contributed by atoms with Crippen LogP contribution in [0, 0.1) is 5.82 Å². The zero-order chi connectivity index (χ0) is 12.0. The van der Waals surface area contributed by atoms with Crippen LogP contribution in [0.3, 0.4) is 0 Å². The van der Waals surface area contributed by atoms with E-state index in [1.54, 1.807) is 19.2 Å². The number of nitrogens with two attached hydrogens (primary N) is 1. The van der Waals surface area contributed by atoms with Gasteiger partial charge in [0.25, 0.3) is 6.02 Å². The van der Waals surface area contributed by atoms with Gasteiger partial charge in [0, 0.05) is 26.2 Å². The number of nitrogens with one attached hydrogen (secondary N) is 1. The number of hydrogen-bond acceptors (Lipinski definition) is 3. The second-order valence-corrected chi connectivity index (χ2v) is 3.22. The highest BCUT2D eigenvalue weighted by Crippen LogP contribution is 2.14. The Morgan fingerprint density at radius 3 is 2.94 bits per heavy atom. The van der Waals surface area contributed by atoms with Crippen LogP contribution >= 0.6 is 0 Å². The second-order valence-electron chi connectivity index (χ2n) is 3.22. The molecular formula is C11H16FN3O. The SMILES string of the molecule is CN=C(N)OCCc1cc(NC)ccc1F. The van der Waals surface area contributed by atoms with Crippen LogP contribution in [0.5, 0.6) is 0 Å². The molecule has 0 aliphatic carbocycles. The quantitative estimate of drug-likeness (QED) is 0.601. The minimum atomic E-state index is -0.241. The normalized spacial score (nSPS) is 11.3. The second kappa shape index (κ2) is 5.95. The van der Waals surface area contributed by atoms with Crippen molar-refractivity contribution < 1.29 is 9.13 Å². The van der Waals surface area contributed by atoms with Crippen LogP contribution in [0.4, 0.5) is 10.1 Å². The van der Waals surface area contributed by atoms with Crippen molar-refractivity contribution in [3.8, 4) is 0 Å². The van der Waals surface area contributed by atoms with E-state index in [1.807, 2.05) is 0 Å². The highest BCUT2D eigenvalue weighted by molar-refractivity contribution is 5.71. The van der Waals surface area contributed by atoms with Gasteiger partial charge in [0.2, 0.25) is 0 Å². The summed E-state index contributed by atoms with van der Waals surface area (Å²) in [6.07, 6.45) is 0.456. The molecule has 16 heavy (non-hydrogen) atoms. The van der Waals surface area contributed by atoms with Gasteiger partial charge in [0.1, 0.15) is 5.82 Å². The van der Waals surface area contributed by atoms with E-state index in [0.717, 1.165) is 5.69 Å². The minimum absolute atomic E-state index is 0.116. The van der Waals surface area contributed by atoms with Gasteiger partial charge in [-0.25, -0.2) is 9.38 Å². The van der Waals surface area contributed by atoms with Crippen molar-refractivity contribution >= 4 is 11.7 Å². The fraction of sp³-hybridized carbons (Fsp3) is 0.364. The Bertz CT molecular complexity index is 379. The zero-order valence-corrected chi connectivity index (χ0v) is 9.46. The van der Waals surface area contributed by atoms with Crippen LogP contribution in [0.15, 0.2) is 23.2 Å². The molecule has 0 radical (unpaired) electrons. The maximum absolute atomic E-state index is 13.4. The molecular weight excluding hydrogens is 209 g/mol. The molecule has 0 saturated carbocycles. The Kier molecular flexibility index (Phi) is 4.57. The predicted octanol–water partition coefficient (Wildman–Crippen LogP) is 1.37. The van der Waals surface area contributed by atoms with E-state index in [1.165, 1.54) is 13.1 Å². The third kappa shape index (κ3) is 3.42. The number of hydrogen-bond donors (Lipinski definition) is 2. The maximum atomic E-state index is 13.4. The lowest BCUT2D eigenvalue weighted by molar-refractivity contribution is 0.301. The van der Waals surface area contributed by atoms with Crippen molar-refractivity contribution in [1.29, 1.82) is 0 Å². The molecule has 4 nitrogen and oxygen atoms in total. The summed E-state index contributed by atoms with van der Waals surface area (Å²) in [6.45, 7) is 0.313. The lowest BCUT2D eigenvalue weighted by atomic mass is 10.1. The molecule has 0 unspecified atom stereocenters. The van der Waals surface area contributed by atoms with Crippen molar-refractivity contribution in [2.75, 3.05) is 26.0 Å². The molecule has 88 valence electrons. The monoisotopic (exact) mass is 225 g/mol. The van der Waals surface area contributed by atoms with Gasteiger partial charge in [-0.3, -0.25) is 0 Å². The van der Waals surface area contributed by atoms with Gasteiger partial charge in [-0.05, 0) is 23.8 Å². The summed E-state index contributed by atoms with van der Waals surface area (Å²) in [5.41, 5.74) is 6.82. The zero-order valence-electron chi connectivity index (χ0n) is 9.46. The predicted molar refractivity (Wildman–Crippen MR) is 63.1 cm³/mol. The molecule has 5 heteroatoms. The highest BCUT2D eigenvalue weighted by Gasteiger charge is 2.03. The third-order valence-corrected chi connectivity index (χ3v) is 2.18. The first-order chi connectivity index (χ1) is 7.67. The van der Waals surface area contributed by atoms with Gasteiger partial charge >= 0.3 is 0 Å². The third-order valence-electron chi connectivity index (χ3n) is 2.18. The lowest BCUT2D eigenvalue weighted by Crippen LogP contribution is -2.17. The number of benzene rings is 1. The molecule has 0 aliphatic rings. The largest absolute Gasteiger partial charge is 0.465 e. The molecule has 1 aromatic rings. The summed E-state index contributed by atoms with van der Waals surface area (Å²) in [5.74, 6) is -0.241. The molecule has 0 saturated heterocycles. The van der Waals surface area contributed by atoms with Crippen LogP contribution in [0.1, 0.15) is 5.56 Å². The Labute approximate surface area is 94.3 Å². The molecule has 0 atom stereocenters. The Morgan fingerprint density at radius 1 is 1.56 bits per heavy atom. The van der Waals surface area contributed by atoms with Crippen molar-refractivity contribution in [2.24, 2.45) is 10.7 Å². The van der Waals surface area contributed by atoms with Gasteiger partial charge in [-0.15, -0.1) is 0 Å². The van der Waals surface area contributed by atoms with E-state index in [2.05, 4.69) is 10.3 Å². The molecule has 0 heterocycles. The van der Waals surface area contributed by atoms with Crippen LogP contribution < -0.4 is 11.1 Å². The van der Waals surface area contributed by atoms with Gasteiger partial charge in [-0.1, -0.05) is 0 Å². The van der Waals surface area contributed by atoms with Gasteiger partial charge < -0.3 is 15.8 Å². The Hall–Kier alpha value is -1.78. The number of nitrogens with zero attached hydrogens (tertiary/aromatic N) is 1. The van der Waals surface area contributed by atoms with Gasteiger partial charge in [0.15, 0.2) is 0 Å². The fourth-order valence-corrected chi connectivity index (χ4v) is 1.25. The molecule has 0 fully saturated rings. The number of halogens is 1. The first-order valence-electron chi connectivity index (χ1n) is 4.98. The standard InChI is InChI=1S/C11H16FN3O/c1-14-9-3-4-10(12)8(7-9)5-6-16-11(13)15-2/h3-4,7,14H,5-6H2,1-2H3,(H2,13,15). The summed E-state index contributed by atoms with van der Waals surface area (Å²) >= 11 is 0. The van der Waals surface area contributed by atoms with Crippen molar-refractivity contribution in [1.82, 2.24) is 0 Å². The molecule has 0 aromatic heterocycles. The van der Waals surface area contributed by atoms with Gasteiger partial charge in [-0.2, -0.15) is 0 Å². The summed E-state index contributed by atoms with van der Waals surface area (Å²) in [6, 6.07) is 4.97.